The molecule has 4 nitrogen and oxygen atoms in total. The summed E-state index contributed by atoms with van der Waals surface area (Å²) < 4.78 is 0. The molecule has 5 heteroatoms. The van der Waals surface area contributed by atoms with Crippen LogP contribution in [0.5, 0.6) is 0 Å². The number of nitrogens with one attached hydrogen (secondary N) is 2. The van der Waals surface area contributed by atoms with Crippen molar-refractivity contribution in [3.63, 3.8) is 0 Å². The average molecular weight is 306 g/mol. The van der Waals surface area contributed by atoms with Crippen molar-refractivity contribution in [3.05, 3.63) is 16.6 Å². The zero-order valence-corrected chi connectivity index (χ0v) is 13.7. The number of fused-ring (bicyclic) bond motifs is 1. The van der Waals surface area contributed by atoms with Gasteiger partial charge in [-0.15, -0.1) is 11.3 Å². The maximum atomic E-state index is 4.36. The molecule has 0 radical (unpaired) electrons. The van der Waals surface area contributed by atoms with Gasteiger partial charge in [0.2, 0.25) is 0 Å². The zero-order chi connectivity index (χ0) is 14.5. The predicted octanol–water partition coefficient (Wildman–Crippen LogP) is 3.17. The van der Waals surface area contributed by atoms with E-state index in [4.69, 9.17) is 0 Å². The van der Waals surface area contributed by atoms with Crippen LogP contribution in [0.25, 0.3) is 0 Å². The summed E-state index contributed by atoms with van der Waals surface area (Å²) in [6, 6.07) is 0.590. The lowest BCUT2D eigenvalue weighted by molar-refractivity contribution is 0.150. The average Bonchev–Trinajstić information content (AvgIpc) is 3.04. The normalized spacial score (nSPS) is 29.8. The maximum absolute atomic E-state index is 4.36. The van der Waals surface area contributed by atoms with Gasteiger partial charge < -0.3 is 10.6 Å². The Morgan fingerprint density at radius 3 is 2.90 bits per heavy atom. The fourth-order valence-corrected chi connectivity index (χ4v) is 4.45. The van der Waals surface area contributed by atoms with E-state index in [0.29, 0.717) is 6.04 Å². The van der Waals surface area contributed by atoms with Crippen LogP contribution in [-0.4, -0.2) is 24.0 Å². The quantitative estimate of drug-likeness (QED) is 0.666. The predicted molar refractivity (Wildman–Crippen MR) is 88.5 cm³/mol. The van der Waals surface area contributed by atoms with Crippen LogP contribution < -0.4 is 10.6 Å². The van der Waals surface area contributed by atoms with E-state index in [2.05, 4.69) is 20.6 Å². The molecule has 3 unspecified atom stereocenters. The Labute approximate surface area is 131 Å². The molecule has 1 heterocycles. The molecule has 0 aromatic carbocycles. The van der Waals surface area contributed by atoms with Crippen molar-refractivity contribution in [3.8, 4) is 0 Å². The SMILES string of the molecule is CN=C(NCc1nccs1)NC1CCC2CCCCC2C1. The standard InChI is InChI=1S/C16H26N4S/c1-17-16(19-11-15-18-8-9-21-15)20-14-7-6-12-4-2-3-5-13(12)10-14/h8-9,12-14H,2-7,10-11H2,1H3,(H2,17,19,20). The largest absolute Gasteiger partial charge is 0.354 e. The van der Waals surface area contributed by atoms with Crippen molar-refractivity contribution >= 4 is 17.3 Å². The molecule has 1 aromatic heterocycles. The molecule has 3 atom stereocenters. The summed E-state index contributed by atoms with van der Waals surface area (Å²) in [5, 5.41) is 10.1. The summed E-state index contributed by atoms with van der Waals surface area (Å²) in [6.45, 7) is 0.760. The van der Waals surface area contributed by atoms with Gasteiger partial charge in [-0.05, 0) is 31.1 Å². The number of hydrogen-bond acceptors (Lipinski definition) is 3. The van der Waals surface area contributed by atoms with Gasteiger partial charge in [0.05, 0.1) is 6.54 Å². The Kier molecular flexibility index (Phi) is 5.12. The van der Waals surface area contributed by atoms with E-state index in [9.17, 15) is 0 Å². The van der Waals surface area contributed by atoms with E-state index in [0.717, 1.165) is 29.3 Å². The molecule has 2 fully saturated rings. The van der Waals surface area contributed by atoms with Gasteiger partial charge in [0, 0.05) is 24.7 Å². The first-order chi connectivity index (χ1) is 10.3. The zero-order valence-electron chi connectivity index (χ0n) is 12.8. The third-order valence-corrected chi connectivity index (χ3v) is 5.77. The number of aliphatic imine (C=N–C) groups is 1. The van der Waals surface area contributed by atoms with Crippen molar-refractivity contribution < 1.29 is 0 Å². The number of nitrogens with zero attached hydrogens (tertiary/aromatic N) is 2. The second-order valence-electron chi connectivity index (χ2n) is 6.31. The highest BCUT2D eigenvalue weighted by molar-refractivity contribution is 7.09. The van der Waals surface area contributed by atoms with Gasteiger partial charge in [-0.1, -0.05) is 25.7 Å². The third-order valence-electron chi connectivity index (χ3n) is 4.99. The second kappa shape index (κ2) is 7.25. The first kappa shape index (κ1) is 14.8. The van der Waals surface area contributed by atoms with Gasteiger partial charge in [0.25, 0.3) is 0 Å². The number of thiazole rings is 1. The lowest BCUT2D eigenvalue weighted by atomic mass is 9.69. The van der Waals surface area contributed by atoms with Crippen LogP contribution in [0.4, 0.5) is 0 Å². The fourth-order valence-electron chi connectivity index (χ4n) is 3.89. The Bertz CT molecular complexity index is 457. The summed E-state index contributed by atoms with van der Waals surface area (Å²) in [5.74, 6) is 2.87. The monoisotopic (exact) mass is 306 g/mol. The van der Waals surface area contributed by atoms with Gasteiger partial charge in [0.15, 0.2) is 5.96 Å². The van der Waals surface area contributed by atoms with Crippen molar-refractivity contribution in [1.82, 2.24) is 15.6 Å². The maximum Gasteiger partial charge on any atom is 0.191 e. The smallest absolute Gasteiger partial charge is 0.191 e. The van der Waals surface area contributed by atoms with Gasteiger partial charge in [-0.25, -0.2) is 4.98 Å². The Morgan fingerprint density at radius 2 is 2.14 bits per heavy atom. The number of aromatic nitrogens is 1. The van der Waals surface area contributed by atoms with E-state index in [1.165, 1.54) is 44.9 Å². The van der Waals surface area contributed by atoms with E-state index in [1.54, 1.807) is 11.3 Å². The molecule has 1 aromatic rings. The topological polar surface area (TPSA) is 49.3 Å². The fraction of sp³-hybridized carbons (Fsp3) is 0.750. The molecular formula is C16H26N4S. The van der Waals surface area contributed by atoms with Crippen LogP contribution in [-0.2, 0) is 6.54 Å². The number of hydrogen-bond donors (Lipinski definition) is 2. The van der Waals surface area contributed by atoms with Crippen LogP contribution in [0.1, 0.15) is 50.0 Å². The number of guanidine groups is 1. The molecule has 0 aliphatic heterocycles. The van der Waals surface area contributed by atoms with Crippen LogP contribution >= 0.6 is 11.3 Å². The Balaban J connectivity index is 1.48. The molecule has 2 saturated carbocycles. The minimum atomic E-state index is 0.590. The number of rotatable bonds is 3. The summed E-state index contributed by atoms with van der Waals surface area (Å²) >= 11 is 1.68. The summed E-state index contributed by atoms with van der Waals surface area (Å²) in [6.07, 6.45) is 11.7. The van der Waals surface area contributed by atoms with Crippen LogP contribution in [0.3, 0.4) is 0 Å². The van der Waals surface area contributed by atoms with Gasteiger partial charge in [-0.3, -0.25) is 4.99 Å². The van der Waals surface area contributed by atoms with Gasteiger partial charge >= 0.3 is 0 Å². The van der Waals surface area contributed by atoms with E-state index < -0.39 is 0 Å². The molecule has 2 N–H and O–H groups in total. The van der Waals surface area contributed by atoms with E-state index in [1.807, 2.05) is 18.6 Å². The summed E-state index contributed by atoms with van der Waals surface area (Å²) in [7, 11) is 1.85. The van der Waals surface area contributed by atoms with Crippen molar-refractivity contribution in [1.29, 1.82) is 0 Å². The molecular weight excluding hydrogens is 280 g/mol. The van der Waals surface area contributed by atoms with Gasteiger partial charge in [0.1, 0.15) is 5.01 Å². The van der Waals surface area contributed by atoms with Crippen molar-refractivity contribution in [2.75, 3.05) is 7.05 Å². The molecule has 0 spiro atoms. The van der Waals surface area contributed by atoms with E-state index >= 15 is 0 Å². The lowest BCUT2D eigenvalue weighted by Gasteiger charge is -2.39. The molecule has 21 heavy (non-hydrogen) atoms. The van der Waals surface area contributed by atoms with E-state index in [-0.39, 0.29) is 0 Å². The molecule has 0 bridgehead atoms. The van der Waals surface area contributed by atoms with Crippen molar-refractivity contribution in [2.45, 2.75) is 57.5 Å². The first-order valence-electron chi connectivity index (χ1n) is 8.20. The highest BCUT2D eigenvalue weighted by Gasteiger charge is 2.32. The second-order valence-corrected chi connectivity index (χ2v) is 7.29. The van der Waals surface area contributed by atoms with Crippen molar-refractivity contribution in [2.24, 2.45) is 16.8 Å². The first-order valence-corrected chi connectivity index (χ1v) is 9.08. The molecule has 3 rings (SSSR count). The Morgan fingerprint density at radius 1 is 1.29 bits per heavy atom. The van der Waals surface area contributed by atoms with Crippen LogP contribution in [0.2, 0.25) is 0 Å². The lowest BCUT2D eigenvalue weighted by Crippen LogP contribution is -2.46. The third kappa shape index (κ3) is 3.96. The molecule has 2 aliphatic rings. The minimum absolute atomic E-state index is 0.590. The van der Waals surface area contributed by atoms with Crippen LogP contribution in [0.15, 0.2) is 16.6 Å². The molecule has 0 saturated heterocycles. The molecule has 2 aliphatic carbocycles. The highest BCUT2D eigenvalue weighted by atomic mass is 32.1. The molecule has 116 valence electrons. The van der Waals surface area contributed by atoms with Gasteiger partial charge in [-0.2, -0.15) is 0 Å². The minimum Gasteiger partial charge on any atom is -0.354 e. The Hall–Kier alpha value is -1.10. The summed E-state index contributed by atoms with van der Waals surface area (Å²) in [5.41, 5.74) is 0. The highest BCUT2D eigenvalue weighted by Crippen LogP contribution is 2.40. The van der Waals surface area contributed by atoms with Crippen LogP contribution in [0, 0.1) is 11.8 Å². The molecule has 0 amide bonds. The summed E-state index contributed by atoms with van der Waals surface area (Å²) in [4.78, 5) is 8.65.